The molecule has 0 aromatic heterocycles. The first-order chi connectivity index (χ1) is 12.2. The zero-order chi connectivity index (χ0) is 19.2. The van der Waals surface area contributed by atoms with Gasteiger partial charge in [-0.15, -0.1) is 0 Å². The van der Waals surface area contributed by atoms with Crippen LogP contribution in [0, 0.1) is 12.8 Å². The highest BCUT2D eigenvalue weighted by Crippen LogP contribution is 2.30. The van der Waals surface area contributed by atoms with Gasteiger partial charge >= 0.3 is 0 Å². The van der Waals surface area contributed by atoms with Crippen molar-refractivity contribution in [2.24, 2.45) is 5.92 Å². The van der Waals surface area contributed by atoms with Crippen molar-refractivity contribution in [2.75, 3.05) is 12.4 Å². The molecule has 0 saturated heterocycles. The van der Waals surface area contributed by atoms with Crippen molar-refractivity contribution in [3.63, 3.8) is 0 Å². The summed E-state index contributed by atoms with van der Waals surface area (Å²) < 4.78 is 29.3. The standard InChI is InChI=1S/C22H36O3S/c1-18-16-21(25-17-19-11-12-19)14-13-20(18)10-8-6-5-7-9-15-26(23,24)22(2,3)4/h13-14,16,19H,5-12,15,17H2,1-4H3. The van der Waals surface area contributed by atoms with E-state index in [1.54, 1.807) is 20.8 Å². The molecule has 3 nitrogen and oxygen atoms in total. The largest absolute Gasteiger partial charge is 0.493 e. The van der Waals surface area contributed by atoms with Crippen LogP contribution in [0.3, 0.4) is 0 Å². The van der Waals surface area contributed by atoms with Crippen LogP contribution in [0.25, 0.3) is 0 Å². The number of hydrogen-bond acceptors (Lipinski definition) is 3. The third-order valence-corrected chi connectivity index (χ3v) is 7.98. The number of rotatable bonds is 11. The van der Waals surface area contributed by atoms with Gasteiger partial charge in [-0.2, -0.15) is 0 Å². The van der Waals surface area contributed by atoms with Gasteiger partial charge in [-0.05, 0) is 89.0 Å². The Labute approximate surface area is 160 Å². The van der Waals surface area contributed by atoms with Crippen LogP contribution < -0.4 is 4.74 Å². The highest BCUT2D eigenvalue weighted by atomic mass is 32.2. The van der Waals surface area contributed by atoms with Crippen LogP contribution in [0.1, 0.15) is 76.8 Å². The Morgan fingerprint density at radius 3 is 2.31 bits per heavy atom. The summed E-state index contributed by atoms with van der Waals surface area (Å²) in [7, 11) is -2.96. The summed E-state index contributed by atoms with van der Waals surface area (Å²) in [6, 6.07) is 6.46. The minimum Gasteiger partial charge on any atom is -0.493 e. The number of aryl methyl sites for hydroxylation is 2. The fourth-order valence-corrected chi connectivity index (χ4v) is 4.18. The molecule has 0 radical (unpaired) electrons. The molecular weight excluding hydrogens is 344 g/mol. The molecule has 0 aliphatic heterocycles. The van der Waals surface area contributed by atoms with E-state index in [2.05, 4.69) is 25.1 Å². The molecule has 1 aromatic rings. The van der Waals surface area contributed by atoms with E-state index in [1.807, 2.05) is 0 Å². The summed E-state index contributed by atoms with van der Waals surface area (Å²) in [5.41, 5.74) is 2.72. The van der Waals surface area contributed by atoms with Crippen molar-refractivity contribution in [2.45, 2.75) is 83.8 Å². The van der Waals surface area contributed by atoms with Crippen molar-refractivity contribution >= 4 is 9.84 Å². The third kappa shape index (κ3) is 6.94. The van der Waals surface area contributed by atoms with Gasteiger partial charge in [0.15, 0.2) is 9.84 Å². The molecule has 0 atom stereocenters. The number of unbranched alkanes of at least 4 members (excludes halogenated alkanes) is 4. The first-order valence-electron chi connectivity index (χ1n) is 10.1. The minimum absolute atomic E-state index is 0.317. The fourth-order valence-electron chi connectivity index (χ4n) is 2.98. The normalized spacial score (nSPS) is 15.2. The highest BCUT2D eigenvalue weighted by Gasteiger charge is 2.27. The first-order valence-corrected chi connectivity index (χ1v) is 11.8. The molecule has 4 heteroatoms. The van der Waals surface area contributed by atoms with Gasteiger partial charge in [0, 0.05) is 0 Å². The summed E-state index contributed by atoms with van der Waals surface area (Å²) in [5, 5.41) is 0. The molecule has 1 aliphatic rings. The second-order valence-electron chi connectivity index (χ2n) is 8.79. The Morgan fingerprint density at radius 2 is 1.69 bits per heavy atom. The molecule has 0 spiro atoms. The summed E-state index contributed by atoms with van der Waals surface area (Å²) in [4.78, 5) is 0. The SMILES string of the molecule is Cc1cc(OCC2CC2)ccc1CCCCCCCS(=O)(=O)C(C)(C)C. The zero-order valence-corrected chi connectivity index (χ0v) is 17.8. The lowest BCUT2D eigenvalue weighted by Crippen LogP contribution is -2.30. The van der Waals surface area contributed by atoms with E-state index in [1.165, 1.54) is 24.0 Å². The molecule has 0 heterocycles. The maximum absolute atomic E-state index is 12.1. The molecular formula is C22H36O3S. The average Bonchev–Trinajstić information content (AvgIpc) is 3.36. The molecule has 0 unspecified atom stereocenters. The summed E-state index contributed by atoms with van der Waals surface area (Å²) in [6.45, 7) is 8.38. The van der Waals surface area contributed by atoms with Crippen LogP contribution in [0.2, 0.25) is 0 Å². The van der Waals surface area contributed by atoms with Gasteiger partial charge in [0.25, 0.3) is 0 Å². The maximum Gasteiger partial charge on any atom is 0.155 e. The molecule has 26 heavy (non-hydrogen) atoms. The van der Waals surface area contributed by atoms with Gasteiger partial charge in [-0.1, -0.05) is 25.3 Å². The third-order valence-electron chi connectivity index (χ3n) is 5.29. The van der Waals surface area contributed by atoms with Gasteiger partial charge in [-0.25, -0.2) is 8.42 Å². The molecule has 2 rings (SSSR count). The van der Waals surface area contributed by atoms with Gasteiger partial charge in [-0.3, -0.25) is 0 Å². The number of benzene rings is 1. The fraction of sp³-hybridized carbons (Fsp3) is 0.727. The molecule has 1 fully saturated rings. The summed E-state index contributed by atoms with van der Waals surface area (Å²) >= 11 is 0. The monoisotopic (exact) mass is 380 g/mol. The van der Waals surface area contributed by atoms with Crippen molar-refractivity contribution in [1.29, 1.82) is 0 Å². The van der Waals surface area contributed by atoms with E-state index < -0.39 is 14.6 Å². The van der Waals surface area contributed by atoms with Crippen LogP contribution >= 0.6 is 0 Å². The van der Waals surface area contributed by atoms with Gasteiger partial charge < -0.3 is 4.74 Å². The topological polar surface area (TPSA) is 43.4 Å². The molecule has 0 amide bonds. The molecule has 1 saturated carbocycles. The lowest BCUT2D eigenvalue weighted by molar-refractivity contribution is 0.299. The Bertz CT molecular complexity index is 667. The smallest absolute Gasteiger partial charge is 0.155 e. The summed E-state index contributed by atoms with van der Waals surface area (Å²) in [5.74, 6) is 2.10. The van der Waals surface area contributed by atoms with Crippen LogP contribution in [-0.2, 0) is 16.3 Å². The lowest BCUT2D eigenvalue weighted by Gasteiger charge is -2.18. The highest BCUT2D eigenvalue weighted by molar-refractivity contribution is 7.92. The average molecular weight is 381 g/mol. The minimum atomic E-state index is -2.96. The molecule has 1 aromatic carbocycles. The number of hydrogen-bond donors (Lipinski definition) is 0. The molecule has 1 aliphatic carbocycles. The van der Waals surface area contributed by atoms with E-state index in [-0.39, 0.29) is 0 Å². The van der Waals surface area contributed by atoms with Crippen LogP contribution in [-0.4, -0.2) is 25.5 Å². The first kappa shape index (κ1) is 21.3. The molecule has 0 bridgehead atoms. The van der Waals surface area contributed by atoms with Crippen molar-refractivity contribution in [3.05, 3.63) is 29.3 Å². The Kier molecular flexibility index (Phi) is 7.57. The van der Waals surface area contributed by atoms with Crippen molar-refractivity contribution < 1.29 is 13.2 Å². The van der Waals surface area contributed by atoms with E-state index in [9.17, 15) is 8.42 Å². The summed E-state index contributed by atoms with van der Waals surface area (Å²) in [6.07, 6.45) is 8.95. The van der Waals surface area contributed by atoms with Gasteiger partial charge in [0.05, 0.1) is 17.1 Å². The maximum atomic E-state index is 12.1. The molecule has 148 valence electrons. The van der Waals surface area contributed by atoms with Crippen molar-refractivity contribution in [3.8, 4) is 5.75 Å². The predicted molar refractivity (Wildman–Crippen MR) is 110 cm³/mol. The lowest BCUT2D eigenvalue weighted by atomic mass is 10.0. The van der Waals surface area contributed by atoms with E-state index in [0.717, 1.165) is 56.8 Å². The van der Waals surface area contributed by atoms with Gasteiger partial charge in [0.2, 0.25) is 0 Å². The Balaban J connectivity index is 1.60. The van der Waals surface area contributed by atoms with E-state index in [4.69, 9.17) is 4.74 Å². The number of ether oxygens (including phenoxy) is 1. The van der Waals surface area contributed by atoms with E-state index >= 15 is 0 Å². The quantitative estimate of drug-likeness (QED) is 0.477. The second-order valence-corrected chi connectivity index (χ2v) is 11.7. The van der Waals surface area contributed by atoms with Gasteiger partial charge in [0.1, 0.15) is 5.75 Å². The number of sulfone groups is 1. The second kappa shape index (κ2) is 9.25. The Morgan fingerprint density at radius 1 is 1.04 bits per heavy atom. The molecule has 0 N–H and O–H groups in total. The van der Waals surface area contributed by atoms with Crippen LogP contribution in [0.4, 0.5) is 0 Å². The predicted octanol–water partition coefficient (Wildman–Crippen LogP) is 5.49. The van der Waals surface area contributed by atoms with Crippen LogP contribution in [0.15, 0.2) is 18.2 Å². The zero-order valence-electron chi connectivity index (χ0n) is 17.0. The van der Waals surface area contributed by atoms with E-state index in [0.29, 0.717) is 5.75 Å². The Hall–Kier alpha value is -1.03. The van der Waals surface area contributed by atoms with Crippen LogP contribution in [0.5, 0.6) is 5.75 Å². The van der Waals surface area contributed by atoms with Crippen molar-refractivity contribution in [1.82, 2.24) is 0 Å².